The van der Waals surface area contributed by atoms with Gasteiger partial charge in [-0.05, 0) is 25.1 Å². The van der Waals surface area contributed by atoms with Crippen LogP contribution in [0.4, 0.5) is 4.39 Å². The molecule has 0 spiro atoms. The number of hydrogen-bond acceptors (Lipinski definition) is 3. The minimum atomic E-state index is -0.625. The van der Waals surface area contributed by atoms with Crippen molar-refractivity contribution in [3.63, 3.8) is 0 Å². The van der Waals surface area contributed by atoms with E-state index in [1.165, 1.54) is 17.4 Å². The van der Waals surface area contributed by atoms with Crippen molar-refractivity contribution in [1.82, 2.24) is 4.98 Å². The average Bonchev–Trinajstić information content (AvgIpc) is 2.70. The van der Waals surface area contributed by atoms with Gasteiger partial charge in [0.1, 0.15) is 10.8 Å². The Morgan fingerprint density at radius 1 is 1.50 bits per heavy atom. The molecule has 2 aromatic rings. The van der Waals surface area contributed by atoms with E-state index in [4.69, 9.17) is 0 Å². The van der Waals surface area contributed by atoms with Crippen molar-refractivity contribution in [2.45, 2.75) is 13.0 Å². The number of aliphatic hydroxyl groups excluding tert-OH is 1. The Morgan fingerprint density at radius 2 is 2.25 bits per heavy atom. The fourth-order valence-electron chi connectivity index (χ4n) is 1.26. The summed E-state index contributed by atoms with van der Waals surface area (Å²) in [5.41, 5.74) is 1.02. The monoisotopic (exact) mass is 301 g/mol. The normalized spacial score (nSPS) is 12.8. The van der Waals surface area contributed by atoms with Gasteiger partial charge < -0.3 is 5.11 Å². The van der Waals surface area contributed by atoms with Crippen LogP contribution < -0.4 is 0 Å². The lowest BCUT2D eigenvalue weighted by atomic mass is 10.2. The maximum absolute atomic E-state index is 13.5. The second kappa shape index (κ2) is 4.61. The molecule has 0 fully saturated rings. The molecule has 2 nitrogen and oxygen atoms in total. The van der Waals surface area contributed by atoms with E-state index in [9.17, 15) is 9.50 Å². The number of aliphatic hydroxyl groups is 1. The second-order valence-corrected chi connectivity index (χ2v) is 5.15. The van der Waals surface area contributed by atoms with Gasteiger partial charge in [0.25, 0.3) is 0 Å². The molecule has 1 heterocycles. The highest BCUT2D eigenvalue weighted by Crippen LogP contribution is 2.30. The molecular weight excluding hydrogens is 293 g/mol. The number of halogens is 2. The molecule has 1 atom stereocenters. The van der Waals surface area contributed by atoms with Gasteiger partial charge in [-0.1, -0.05) is 15.9 Å². The first-order valence-electron chi connectivity index (χ1n) is 4.67. The van der Waals surface area contributed by atoms with E-state index in [2.05, 4.69) is 20.9 Å². The van der Waals surface area contributed by atoms with Gasteiger partial charge in [-0.25, -0.2) is 9.37 Å². The van der Waals surface area contributed by atoms with Crippen LogP contribution in [-0.2, 0) is 0 Å². The molecule has 0 bridgehead atoms. The molecule has 1 aromatic carbocycles. The van der Waals surface area contributed by atoms with E-state index in [1.807, 2.05) is 0 Å². The van der Waals surface area contributed by atoms with E-state index in [-0.39, 0.29) is 5.82 Å². The Bertz CT molecular complexity index is 512. The first-order chi connectivity index (χ1) is 7.58. The van der Waals surface area contributed by atoms with Crippen molar-refractivity contribution in [1.29, 1.82) is 0 Å². The molecule has 0 aliphatic rings. The summed E-state index contributed by atoms with van der Waals surface area (Å²) in [7, 11) is 0. The Hall–Kier alpha value is -0.780. The summed E-state index contributed by atoms with van der Waals surface area (Å²) in [6.45, 7) is 1.64. The smallest absolute Gasteiger partial charge is 0.133 e. The van der Waals surface area contributed by atoms with Crippen LogP contribution in [0, 0.1) is 5.82 Å². The van der Waals surface area contributed by atoms with E-state index >= 15 is 0 Å². The third kappa shape index (κ3) is 2.31. The van der Waals surface area contributed by atoms with Crippen LogP contribution >= 0.6 is 27.3 Å². The van der Waals surface area contributed by atoms with E-state index in [0.29, 0.717) is 16.3 Å². The van der Waals surface area contributed by atoms with Gasteiger partial charge in [0.15, 0.2) is 0 Å². The molecule has 16 heavy (non-hydrogen) atoms. The number of thiazole rings is 1. The molecule has 5 heteroatoms. The van der Waals surface area contributed by atoms with E-state index in [1.54, 1.807) is 24.4 Å². The highest BCUT2D eigenvalue weighted by Gasteiger charge is 2.12. The predicted molar refractivity (Wildman–Crippen MR) is 65.8 cm³/mol. The van der Waals surface area contributed by atoms with Crippen molar-refractivity contribution in [3.8, 4) is 10.6 Å². The van der Waals surface area contributed by atoms with Crippen LogP contribution in [0.2, 0.25) is 0 Å². The van der Waals surface area contributed by atoms with Gasteiger partial charge in [-0.3, -0.25) is 0 Å². The largest absolute Gasteiger partial charge is 0.387 e. The molecule has 0 aliphatic carbocycles. The topological polar surface area (TPSA) is 33.1 Å². The lowest BCUT2D eigenvalue weighted by Gasteiger charge is -2.00. The molecule has 1 aromatic heterocycles. The molecule has 1 unspecified atom stereocenters. The quantitative estimate of drug-likeness (QED) is 0.916. The van der Waals surface area contributed by atoms with Crippen LogP contribution in [0.25, 0.3) is 10.6 Å². The third-order valence-corrected chi connectivity index (χ3v) is 3.50. The summed E-state index contributed by atoms with van der Waals surface area (Å²) in [5, 5.41) is 11.7. The summed E-state index contributed by atoms with van der Waals surface area (Å²) in [5.74, 6) is -0.310. The fraction of sp³-hybridized carbons (Fsp3) is 0.182. The standard InChI is InChI=1S/C11H9BrFNOS/c1-6(15)10-5-16-11(14-10)8-4-7(12)2-3-9(8)13/h2-6,15H,1H3. The van der Waals surface area contributed by atoms with Gasteiger partial charge >= 0.3 is 0 Å². The van der Waals surface area contributed by atoms with Crippen LogP contribution in [0.15, 0.2) is 28.1 Å². The Balaban J connectivity index is 2.46. The predicted octanol–water partition coefficient (Wildman–Crippen LogP) is 3.77. The number of rotatable bonds is 2. The SMILES string of the molecule is CC(O)c1csc(-c2cc(Br)ccc2F)n1. The Labute approximate surface area is 105 Å². The average molecular weight is 302 g/mol. The van der Waals surface area contributed by atoms with Crippen LogP contribution in [-0.4, -0.2) is 10.1 Å². The maximum Gasteiger partial charge on any atom is 0.133 e. The first-order valence-corrected chi connectivity index (χ1v) is 6.34. The van der Waals surface area contributed by atoms with Crippen molar-refractivity contribution >= 4 is 27.3 Å². The zero-order chi connectivity index (χ0) is 11.7. The highest BCUT2D eigenvalue weighted by molar-refractivity contribution is 9.10. The van der Waals surface area contributed by atoms with Gasteiger partial charge in [0.05, 0.1) is 11.8 Å². The summed E-state index contributed by atoms with van der Waals surface area (Å²) < 4.78 is 14.4. The Kier molecular flexibility index (Phi) is 3.37. The third-order valence-electron chi connectivity index (χ3n) is 2.11. The van der Waals surface area contributed by atoms with Gasteiger partial charge in [-0.15, -0.1) is 11.3 Å². The molecule has 0 saturated heterocycles. The summed E-state index contributed by atoms with van der Waals surface area (Å²) in [4.78, 5) is 4.19. The number of hydrogen-bond donors (Lipinski definition) is 1. The summed E-state index contributed by atoms with van der Waals surface area (Å²) >= 11 is 4.61. The fourth-order valence-corrected chi connectivity index (χ4v) is 2.55. The van der Waals surface area contributed by atoms with Crippen molar-refractivity contribution in [2.24, 2.45) is 0 Å². The van der Waals surface area contributed by atoms with E-state index in [0.717, 1.165) is 4.47 Å². The minimum absolute atomic E-state index is 0.310. The lowest BCUT2D eigenvalue weighted by Crippen LogP contribution is -1.91. The number of nitrogens with zero attached hydrogens (tertiary/aromatic N) is 1. The molecule has 1 N–H and O–H groups in total. The molecule has 0 radical (unpaired) electrons. The minimum Gasteiger partial charge on any atom is -0.387 e. The molecular formula is C11H9BrFNOS. The van der Waals surface area contributed by atoms with Gasteiger partial charge in [0, 0.05) is 15.4 Å². The number of benzene rings is 1. The van der Waals surface area contributed by atoms with E-state index < -0.39 is 6.10 Å². The number of aromatic nitrogens is 1. The summed E-state index contributed by atoms with van der Waals surface area (Å²) in [6.07, 6.45) is -0.625. The molecule has 84 valence electrons. The van der Waals surface area contributed by atoms with Crippen LogP contribution in [0.1, 0.15) is 18.7 Å². The zero-order valence-corrected chi connectivity index (χ0v) is 10.8. The van der Waals surface area contributed by atoms with Crippen LogP contribution in [0.5, 0.6) is 0 Å². The van der Waals surface area contributed by atoms with Crippen molar-refractivity contribution in [3.05, 3.63) is 39.6 Å². The van der Waals surface area contributed by atoms with Gasteiger partial charge in [-0.2, -0.15) is 0 Å². The lowest BCUT2D eigenvalue weighted by molar-refractivity contribution is 0.195. The second-order valence-electron chi connectivity index (χ2n) is 3.38. The summed E-state index contributed by atoms with van der Waals surface area (Å²) in [6, 6.07) is 4.71. The molecule has 0 saturated carbocycles. The van der Waals surface area contributed by atoms with Crippen LogP contribution in [0.3, 0.4) is 0 Å². The highest BCUT2D eigenvalue weighted by atomic mass is 79.9. The molecule has 2 rings (SSSR count). The molecule has 0 amide bonds. The molecule has 0 aliphatic heterocycles. The maximum atomic E-state index is 13.5. The zero-order valence-electron chi connectivity index (χ0n) is 8.45. The Morgan fingerprint density at radius 3 is 2.88 bits per heavy atom. The first kappa shape index (κ1) is 11.7. The van der Waals surface area contributed by atoms with Crippen molar-refractivity contribution in [2.75, 3.05) is 0 Å². The van der Waals surface area contributed by atoms with Crippen molar-refractivity contribution < 1.29 is 9.50 Å². The van der Waals surface area contributed by atoms with Gasteiger partial charge in [0.2, 0.25) is 0 Å².